The Balaban J connectivity index is 3.31. The van der Waals surface area contributed by atoms with E-state index in [1.807, 2.05) is 14.0 Å². The van der Waals surface area contributed by atoms with Gasteiger partial charge in [0.2, 0.25) is 5.91 Å². The fourth-order valence-electron chi connectivity index (χ4n) is 0.652. The highest BCUT2D eigenvalue weighted by Gasteiger charge is 2.02. The lowest BCUT2D eigenvalue weighted by Crippen LogP contribution is -2.37. The second-order valence-corrected chi connectivity index (χ2v) is 2.74. The first-order chi connectivity index (χ1) is 5.70. The second kappa shape index (κ2) is 7.06. The van der Waals surface area contributed by atoms with E-state index in [4.69, 9.17) is 4.74 Å². The lowest BCUT2D eigenvalue weighted by molar-refractivity contribution is -0.122. The van der Waals surface area contributed by atoms with Crippen molar-refractivity contribution in [2.24, 2.45) is 0 Å². The van der Waals surface area contributed by atoms with Crippen molar-refractivity contribution in [2.75, 3.05) is 27.3 Å². The van der Waals surface area contributed by atoms with Gasteiger partial charge in [-0.1, -0.05) is 0 Å². The molecule has 0 saturated heterocycles. The Morgan fingerprint density at radius 1 is 1.58 bits per heavy atom. The monoisotopic (exact) mass is 174 g/mol. The van der Waals surface area contributed by atoms with E-state index >= 15 is 0 Å². The van der Waals surface area contributed by atoms with Crippen LogP contribution in [0.4, 0.5) is 0 Å². The van der Waals surface area contributed by atoms with Gasteiger partial charge in [-0.25, -0.2) is 0 Å². The molecule has 4 heteroatoms. The summed E-state index contributed by atoms with van der Waals surface area (Å²) in [4.78, 5) is 11.0. The smallest absolute Gasteiger partial charge is 0.222 e. The third kappa shape index (κ3) is 6.12. The molecule has 0 radical (unpaired) electrons. The Bertz CT molecular complexity index is 128. The van der Waals surface area contributed by atoms with Gasteiger partial charge in [0, 0.05) is 26.1 Å². The van der Waals surface area contributed by atoms with Crippen LogP contribution in [0.25, 0.3) is 0 Å². The van der Waals surface area contributed by atoms with E-state index < -0.39 is 0 Å². The molecular formula is C8H18N2O2. The van der Waals surface area contributed by atoms with Crippen molar-refractivity contribution < 1.29 is 9.53 Å². The van der Waals surface area contributed by atoms with Gasteiger partial charge in [0.25, 0.3) is 0 Å². The van der Waals surface area contributed by atoms with Crippen molar-refractivity contribution >= 4 is 5.91 Å². The zero-order valence-electron chi connectivity index (χ0n) is 8.02. The van der Waals surface area contributed by atoms with Gasteiger partial charge in [0.05, 0.1) is 6.61 Å². The predicted octanol–water partition coefficient (Wildman–Crippen LogP) is -0.253. The van der Waals surface area contributed by atoms with E-state index in [0.29, 0.717) is 25.6 Å². The number of carbonyl (C=O) groups excluding carboxylic acids is 1. The fraction of sp³-hybridized carbons (Fsp3) is 0.875. The minimum absolute atomic E-state index is 0.0407. The third-order valence-electron chi connectivity index (χ3n) is 1.63. The molecule has 0 aliphatic heterocycles. The van der Waals surface area contributed by atoms with Crippen LogP contribution in [0.2, 0.25) is 0 Å². The Labute approximate surface area is 73.7 Å². The van der Waals surface area contributed by atoms with Gasteiger partial charge < -0.3 is 15.4 Å². The molecule has 12 heavy (non-hydrogen) atoms. The highest BCUT2D eigenvalue weighted by atomic mass is 16.5. The lowest BCUT2D eigenvalue weighted by Gasteiger charge is -2.10. The Morgan fingerprint density at radius 2 is 2.25 bits per heavy atom. The van der Waals surface area contributed by atoms with Crippen molar-refractivity contribution in [1.29, 1.82) is 0 Å². The zero-order valence-corrected chi connectivity index (χ0v) is 8.02. The number of likely N-dealkylation sites (N-methyl/N-ethyl adjacent to an activating group) is 1. The van der Waals surface area contributed by atoms with Crippen LogP contribution >= 0.6 is 0 Å². The van der Waals surface area contributed by atoms with Gasteiger partial charge in [0.1, 0.15) is 0 Å². The first kappa shape index (κ1) is 11.4. The molecule has 0 aliphatic rings. The summed E-state index contributed by atoms with van der Waals surface area (Å²) >= 11 is 0. The van der Waals surface area contributed by atoms with E-state index in [9.17, 15) is 4.79 Å². The molecule has 0 saturated carbocycles. The molecule has 4 nitrogen and oxygen atoms in total. The van der Waals surface area contributed by atoms with Gasteiger partial charge in [-0.05, 0) is 14.0 Å². The Hall–Kier alpha value is -0.610. The van der Waals surface area contributed by atoms with E-state index in [0.717, 1.165) is 0 Å². The number of methoxy groups -OCH3 is 1. The van der Waals surface area contributed by atoms with Crippen LogP contribution in [0.5, 0.6) is 0 Å². The van der Waals surface area contributed by atoms with Crippen molar-refractivity contribution in [3.63, 3.8) is 0 Å². The minimum Gasteiger partial charge on any atom is -0.384 e. The standard InChI is InChI=1S/C8H18N2O2/c1-7(9-2)6-10-8(11)4-5-12-3/h7,9H,4-6H2,1-3H3,(H,10,11). The summed E-state index contributed by atoms with van der Waals surface area (Å²) < 4.78 is 4.77. The molecular weight excluding hydrogens is 156 g/mol. The molecule has 72 valence electrons. The summed E-state index contributed by atoms with van der Waals surface area (Å²) in [7, 11) is 3.45. The Kier molecular flexibility index (Phi) is 6.70. The van der Waals surface area contributed by atoms with Crippen LogP contribution in [0, 0.1) is 0 Å². The Morgan fingerprint density at radius 3 is 2.75 bits per heavy atom. The molecule has 0 spiro atoms. The topological polar surface area (TPSA) is 50.4 Å². The average molecular weight is 174 g/mol. The first-order valence-electron chi connectivity index (χ1n) is 4.13. The lowest BCUT2D eigenvalue weighted by atomic mass is 10.3. The molecule has 0 rings (SSSR count). The molecule has 2 N–H and O–H groups in total. The van der Waals surface area contributed by atoms with Crippen molar-refractivity contribution in [2.45, 2.75) is 19.4 Å². The summed E-state index contributed by atoms with van der Waals surface area (Å²) in [5, 5.41) is 5.82. The maximum Gasteiger partial charge on any atom is 0.222 e. The number of hydrogen-bond donors (Lipinski definition) is 2. The molecule has 0 aromatic rings. The molecule has 0 bridgehead atoms. The van der Waals surface area contributed by atoms with Gasteiger partial charge >= 0.3 is 0 Å². The van der Waals surface area contributed by atoms with Crippen LogP contribution in [-0.2, 0) is 9.53 Å². The van der Waals surface area contributed by atoms with Crippen LogP contribution in [0.1, 0.15) is 13.3 Å². The number of rotatable bonds is 6. The summed E-state index contributed by atoms with van der Waals surface area (Å²) in [5.74, 6) is 0.0407. The second-order valence-electron chi connectivity index (χ2n) is 2.74. The van der Waals surface area contributed by atoms with Crippen LogP contribution in [0.3, 0.4) is 0 Å². The molecule has 0 fully saturated rings. The van der Waals surface area contributed by atoms with Gasteiger partial charge in [-0.2, -0.15) is 0 Å². The molecule has 0 heterocycles. The number of ether oxygens (including phenoxy) is 1. The average Bonchev–Trinajstić information content (AvgIpc) is 2.10. The highest BCUT2D eigenvalue weighted by Crippen LogP contribution is 1.81. The number of nitrogens with one attached hydrogen (secondary N) is 2. The van der Waals surface area contributed by atoms with E-state index in [1.165, 1.54) is 0 Å². The van der Waals surface area contributed by atoms with Gasteiger partial charge in [0.15, 0.2) is 0 Å². The molecule has 1 unspecified atom stereocenters. The first-order valence-corrected chi connectivity index (χ1v) is 4.13. The molecule has 0 aromatic carbocycles. The predicted molar refractivity (Wildman–Crippen MR) is 48.0 cm³/mol. The maximum atomic E-state index is 11.0. The molecule has 0 aliphatic carbocycles. The summed E-state index contributed by atoms with van der Waals surface area (Å²) in [5.41, 5.74) is 0. The van der Waals surface area contributed by atoms with E-state index in [-0.39, 0.29) is 5.91 Å². The zero-order chi connectivity index (χ0) is 9.40. The van der Waals surface area contributed by atoms with Crippen molar-refractivity contribution in [1.82, 2.24) is 10.6 Å². The van der Waals surface area contributed by atoms with Gasteiger partial charge in [-0.15, -0.1) is 0 Å². The fourth-order valence-corrected chi connectivity index (χ4v) is 0.652. The van der Waals surface area contributed by atoms with Gasteiger partial charge in [-0.3, -0.25) is 4.79 Å². The number of hydrogen-bond acceptors (Lipinski definition) is 3. The quantitative estimate of drug-likeness (QED) is 0.583. The summed E-state index contributed by atoms with van der Waals surface area (Å²) in [6, 6.07) is 0.316. The minimum atomic E-state index is 0.0407. The normalized spacial score (nSPS) is 12.6. The summed E-state index contributed by atoms with van der Waals surface area (Å²) in [6.07, 6.45) is 0.437. The van der Waals surface area contributed by atoms with E-state index in [1.54, 1.807) is 7.11 Å². The van der Waals surface area contributed by atoms with Crippen LogP contribution in [0.15, 0.2) is 0 Å². The van der Waals surface area contributed by atoms with Crippen LogP contribution in [-0.4, -0.2) is 39.3 Å². The van der Waals surface area contributed by atoms with E-state index in [2.05, 4.69) is 10.6 Å². The molecule has 1 amide bonds. The maximum absolute atomic E-state index is 11.0. The summed E-state index contributed by atoms with van der Waals surface area (Å²) in [6.45, 7) is 3.16. The highest BCUT2D eigenvalue weighted by molar-refractivity contribution is 5.75. The van der Waals surface area contributed by atoms with Crippen LogP contribution < -0.4 is 10.6 Å². The SMILES string of the molecule is CNC(C)CNC(=O)CCOC. The third-order valence-corrected chi connectivity index (χ3v) is 1.63. The number of carbonyl (C=O) groups is 1. The van der Waals surface area contributed by atoms with Crippen molar-refractivity contribution in [3.8, 4) is 0 Å². The number of amides is 1. The van der Waals surface area contributed by atoms with Crippen molar-refractivity contribution in [3.05, 3.63) is 0 Å². The molecule has 1 atom stereocenters. The molecule has 0 aromatic heterocycles. The largest absolute Gasteiger partial charge is 0.384 e.